The van der Waals surface area contributed by atoms with Gasteiger partial charge in [0, 0.05) is 45.1 Å². The summed E-state index contributed by atoms with van der Waals surface area (Å²) in [6.07, 6.45) is 4.49. The van der Waals surface area contributed by atoms with Crippen molar-refractivity contribution in [1.82, 2.24) is 9.55 Å². The predicted molar refractivity (Wildman–Crippen MR) is 155 cm³/mol. The molecular formula is C29H25ClN4O2S. The van der Waals surface area contributed by atoms with Crippen molar-refractivity contribution in [2.24, 2.45) is 7.05 Å². The molecule has 2 amide bonds. The number of aromatic nitrogens is 2. The van der Waals surface area contributed by atoms with Crippen LogP contribution >= 0.6 is 23.4 Å². The minimum absolute atomic E-state index is 0.165. The van der Waals surface area contributed by atoms with Gasteiger partial charge in [-0.05, 0) is 60.7 Å². The molecule has 0 spiro atoms. The molecule has 0 atom stereocenters. The fourth-order valence-corrected chi connectivity index (χ4v) is 5.36. The Morgan fingerprint density at radius 3 is 2.54 bits per heavy atom. The lowest BCUT2D eigenvalue weighted by Crippen LogP contribution is -2.28. The number of rotatable bonds is 5. The van der Waals surface area contributed by atoms with E-state index in [9.17, 15) is 9.59 Å². The van der Waals surface area contributed by atoms with Crippen molar-refractivity contribution in [3.63, 3.8) is 0 Å². The molecule has 2 heterocycles. The summed E-state index contributed by atoms with van der Waals surface area (Å²) in [6, 6.07) is 20.4. The van der Waals surface area contributed by atoms with Crippen LogP contribution in [0.1, 0.15) is 12.5 Å². The molecule has 0 aliphatic rings. The topological polar surface area (TPSA) is 76.0 Å². The molecule has 8 heteroatoms. The summed E-state index contributed by atoms with van der Waals surface area (Å²) in [6.45, 7) is 2.08. The molecule has 0 aliphatic carbocycles. The van der Waals surface area contributed by atoms with E-state index in [1.807, 2.05) is 60.9 Å². The van der Waals surface area contributed by atoms with E-state index >= 15 is 0 Å². The first-order valence-corrected chi connectivity index (χ1v) is 13.4. The molecule has 0 radical (unpaired) electrons. The minimum atomic E-state index is -0.525. The first kappa shape index (κ1) is 24.9. The summed E-state index contributed by atoms with van der Waals surface area (Å²) in [4.78, 5) is 32.4. The van der Waals surface area contributed by atoms with Gasteiger partial charge in [-0.1, -0.05) is 42.8 Å². The summed E-state index contributed by atoms with van der Waals surface area (Å²) in [7, 11) is 1.71. The van der Waals surface area contributed by atoms with Crippen molar-refractivity contribution >= 4 is 62.6 Å². The van der Waals surface area contributed by atoms with Gasteiger partial charge in [0.25, 0.3) is 5.56 Å². The van der Waals surface area contributed by atoms with Crippen LogP contribution in [-0.4, -0.2) is 21.8 Å². The Balaban J connectivity index is 1.68. The Morgan fingerprint density at radius 1 is 1.00 bits per heavy atom. The molecule has 0 saturated heterocycles. The number of benzene rings is 3. The molecule has 0 bridgehead atoms. The second kappa shape index (κ2) is 10.3. The van der Waals surface area contributed by atoms with Crippen molar-refractivity contribution in [3.05, 3.63) is 93.9 Å². The lowest BCUT2D eigenvalue weighted by Gasteiger charge is -2.19. The zero-order valence-electron chi connectivity index (χ0n) is 20.6. The van der Waals surface area contributed by atoms with E-state index in [1.54, 1.807) is 23.9 Å². The molecule has 0 saturated carbocycles. The van der Waals surface area contributed by atoms with E-state index in [0.29, 0.717) is 21.8 Å². The number of carbonyl (C=O) groups excluding carboxylic acids is 1. The van der Waals surface area contributed by atoms with Gasteiger partial charge < -0.3 is 15.2 Å². The Labute approximate surface area is 223 Å². The van der Waals surface area contributed by atoms with Crippen LogP contribution in [0.2, 0.25) is 5.02 Å². The number of nitrogens with zero attached hydrogens (tertiary/aromatic N) is 2. The number of carbonyl (C=O) groups is 1. The van der Waals surface area contributed by atoms with Crippen LogP contribution in [0.25, 0.3) is 32.9 Å². The normalized spacial score (nSPS) is 11.1. The minimum Gasteiger partial charge on any atom is -0.310 e. The number of pyridine rings is 2. The largest absolute Gasteiger partial charge is 0.323 e. The highest BCUT2D eigenvalue weighted by molar-refractivity contribution is 7.98. The van der Waals surface area contributed by atoms with E-state index < -0.39 is 6.03 Å². The smallest absolute Gasteiger partial charge is 0.310 e. The van der Waals surface area contributed by atoms with Gasteiger partial charge in [0.15, 0.2) is 0 Å². The number of fused-ring (bicyclic) bond motifs is 2. The average Bonchev–Trinajstić information content (AvgIpc) is 2.92. The van der Waals surface area contributed by atoms with Gasteiger partial charge in [-0.2, -0.15) is 0 Å². The first-order valence-electron chi connectivity index (χ1n) is 11.8. The quantitative estimate of drug-likeness (QED) is 0.234. The Kier molecular flexibility index (Phi) is 6.91. The summed E-state index contributed by atoms with van der Waals surface area (Å²) in [5.74, 6) is 0. The van der Waals surface area contributed by atoms with Gasteiger partial charge in [0.1, 0.15) is 5.69 Å². The summed E-state index contributed by atoms with van der Waals surface area (Å²) in [5.41, 5.74) is 4.38. The third-order valence-electron chi connectivity index (χ3n) is 6.46. The summed E-state index contributed by atoms with van der Waals surface area (Å²) < 4.78 is 1.56. The van der Waals surface area contributed by atoms with Crippen LogP contribution in [0.4, 0.5) is 16.2 Å². The van der Waals surface area contributed by atoms with Crippen LogP contribution in [-0.2, 0) is 13.5 Å². The molecule has 5 rings (SSSR count). The number of nitrogens with one attached hydrogen (secondary N) is 2. The number of hydrogen-bond acceptors (Lipinski definition) is 4. The molecule has 186 valence electrons. The molecule has 3 aromatic carbocycles. The fraction of sp³-hybridized carbons (Fsp3) is 0.138. The number of urea groups is 1. The second-order valence-electron chi connectivity index (χ2n) is 8.59. The molecule has 0 unspecified atom stereocenters. The van der Waals surface area contributed by atoms with Crippen molar-refractivity contribution in [2.75, 3.05) is 16.9 Å². The van der Waals surface area contributed by atoms with Crippen molar-refractivity contribution in [2.45, 2.75) is 18.2 Å². The monoisotopic (exact) mass is 528 g/mol. The maximum Gasteiger partial charge on any atom is 0.323 e. The average molecular weight is 529 g/mol. The number of halogens is 1. The molecule has 0 fully saturated rings. The van der Waals surface area contributed by atoms with Crippen LogP contribution in [0.5, 0.6) is 0 Å². The lowest BCUT2D eigenvalue weighted by atomic mass is 9.97. The van der Waals surface area contributed by atoms with Gasteiger partial charge in [0.2, 0.25) is 0 Å². The highest BCUT2D eigenvalue weighted by atomic mass is 35.5. The maximum absolute atomic E-state index is 13.6. The Morgan fingerprint density at radius 2 is 1.78 bits per heavy atom. The molecule has 2 aromatic heterocycles. The van der Waals surface area contributed by atoms with Crippen LogP contribution in [0.15, 0.2) is 82.6 Å². The van der Waals surface area contributed by atoms with Crippen molar-refractivity contribution in [1.29, 1.82) is 0 Å². The zero-order chi connectivity index (χ0) is 26.1. The number of anilines is 2. The van der Waals surface area contributed by atoms with Gasteiger partial charge in [-0.3, -0.25) is 9.78 Å². The standard InChI is InChI=1S/C29H25ClN4O2S/c1-4-17-11-13-23-20(16-17)25(18-8-5-6-10-21(18)30)27(28(35)34(23)2)33-29(36)32-26-19-9-7-15-31-22(19)12-14-24(26)37-3/h5-16H,4H2,1-3H3,(H2,32,33,36). The molecule has 0 aliphatic heterocycles. The molecule has 6 nitrogen and oxygen atoms in total. The highest BCUT2D eigenvalue weighted by Gasteiger charge is 2.21. The van der Waals surface area contributed by atoms with Crippen molar-refractivity contribution in [3.8, 4) is 11.1 Å². The first-order chi connectivity index (χ1) is 17.9. The van der Waals surface area contributed by atoms with Gasteiger partial charge in [0.05, 0.1) is 16.7 Å². The second-order valence-corrected chi connectivity index (χ2v) is 9.85. The molecule has 37 heavy (non-hydrogen) atoms. The highest BCUT2D eigenvalue weighted by Crippen LogP contribution is 2.38. The van der Waals surface area contributed by atoms with Crippen LogP contribution in [0.3, 0.4) is 0 Å². The van der Waals surface area contributed by atoms with E-state index in [0.717, 1.165) is 38.7 Å². The number of amides is 2. The zero-order valence-corrected chi connectivity index (χ0v) is 22.2. The third-order valence-corrected chi connectivity index (χ3v) is 7.57. The third kappa shape index (κ3) is 4.56. The number of thioether (sulfide) groups is 1. The van der Waals surface area contributed by atoms with Crippen LogP contribution in [0, 0.1) is 0 Å². The van der Waals surface area contributed by atoms with Gasteiger partial charge in [-0.25, -0.2) is 4.79 Å². The van der Waals surface area contributed by atoms with Gasteiger partial charge in [-0.15, -0.1) is 11.8 Å². The molecule has 2 N–H and O–H groups in total. The maximum atomic E-state index is 13.6. The lowest BCUT2D eigenvalue weighted by molar-refractivity contribution is 0.262. The summed E-state index contributed by atoms with van der Waals surface area (Å²) in [5, 5.41) is 7.98. The van der Waals surface area contributed by atoms with E-state index in [4.69, 9.17) is 11.6 Å². The van der Waals surface area contributed by atoms with Crippen molar-refractivity contribution < 1.29 is 4.79 Å². The fourth-order valence-electron chi connectivity index (χ4n) is 4.56. The molecule has 5 aromatic rings. The number of hydrogen-bond donors (Lipinski definition) is 2. The Hall–Kier alpha value is -3.81. The van der Waals surface area contributed by atoms with E-state index in [1.165, 1.54) is 11.8 Å². The van der Waals surface area contributed by atoms with Crippen LogP contribution < -0.4 is 16.2 Å². The van der Waals surface area contributed by atoms with Gasteiger partial charge >= 0.3 is 6.03 Å². The number of aryl methyl sites for hydroxylation is 2. The molecular weight excluding hydrogens is 504 g/mol. The van der Waals surface area contributed by atoms with E-state index in [-0.39, 0.29) is 11.2 Å². The summed E-state index contributed by atoms with van der Waals surface area (Å²) >= 11 is 8.14. The van der Waals surface area contributed by atoms with E-state index in [2.05, 4.69) is 28.6 Å². The Bertz CT molecular complexity index is 1730. The SMILES string of the molecule is CCc1ccc2c(c1)c(-c1ccccc1Cl)c(NC(=O)Nc1c(SC)ccc3ncccc13)c(=O)n2C. The predicted octanol–water partition coefficient (Wildman–Crippen LogP) is 7.34.